The lowest BCUT2D eigenvalue weighted by atomic mass is 9.85. The average molecular weight is 449 g/mol. The first-order valence-electron chi connectivity index (χ1n) is 11.1. The van der Waals surface area contributed by atoms with Crippen LogP contribution >= 0.6 is 0 Å². The summed E-state index contributed by atoms with van der Waals surface area (Å²) in [4.78, 5) is 38.1. The molecule has 0 atom stereocenters. The van der Waals surface area contributed by atoms with Gasteiger partial charge < -0.3 is 20.4 Å². The molecule has 1 aromatic heterocycles. The average Bonchev–Trinajstić information content (AvgIpc) is 3.15. The number of piperidine rings is 1. The van der Waals surface area contributed by atoms with Crippen molar-refractivity contribution in [2.75, 3.05) is 37.7 Å². The molecule has 0 bridgehead atoms. The molecule has 0 radical (unpaired) electrons. The summed E-state index contributed by atoms with van der Waals surface area (Å²) in [5.41, 5.74) is 1.78. The number of hydrogen-bond acceptors (Lipinski definition) is 6. The second-order valence-corrected chi connectivity index (χ2v) is 8.45. The molecule has 1 spiro atoms. The molecule has 0 saturated carbocycles. The molecule has 5 rings (SSSR count). The van der Waals surface area contributed by atoms with Crippen LogP contribution in [0.15, 0.2) is 54.7 Å². The summed E-state index contributed by atoms with van der Waals surface area (Å²) in [5, 5.41) is 5.84. The summed E-state index contributed by atoms with van der Waals surface area (Å²) < 4.78 is 13.8. The van der Waals surface area contributed by atoms with Gasteiger partial charge in [-0.3, -0.25) is 14.6 Å². The minimum absolute atomic E-state index is 0.00501. The zero-order valence-electron chi connectivity index (χ0n) is 18.1. The smallest absolute Gasteiger partial charge is 0.271 e. The van der Waals surface area contributed by atoms with Gasteiger partial charge >= 0.3 is 0 Å². The van der Waals surface area contributed by atoms with Crippen molar-refractivity contribution in [1.82, 2.24) is 25.5 Å². The maximum atomic E-state index is 13.8. The molecule has 2 amide bonds. The van der Waals surface area contributed by atoms with Crippen LogP contribution in [0, 0.1) is 5.82 Å². The number of fused-ring (bicyclic) bond motifs is 1. The Morgan fingerprint density at radius 3 is 2.70 bits per heavy atom. The fourth-order valence-corrected chi connectivity index (χ4v) is 4.70. The molecular weight excluding hydrogens is 423 g/mol. The first kappa shape index (κ1) is 21.3. The highest BCUT2D eigenvalue weighted by Crippen LogP contribution is 2.36. The predicted molar refractivity (Wildman–Crippen MR) is 122 cm³/mol. The largest absolute Gasteiger partial charge is 0.349 e. The summed E-state index contributed by atoms with van der Waals surface area (Å²) in [6, 6.07) is 13.8. The van der Waals surface area contributed by atoms with Gasteiger partial charge in [-0.2, -0.15) is 0 Å². The van der Waals surface area contributed by atoms with Crippen molar-refractivity contribution in [3.8, 4) is 0 Å². The van der Waals surface area contributed by atoms with E-state index in [1.807, 2.05) is 35.2 Å². The van der Waals surface area contributed by atoms with Gasteiger partial charge in [-0.05, 0) is 43.2 Å². The van der Waals surface area contributed by atoms with E-state index in [1.54, 1.807) is 6.07 Å². The number of para-hydroxylation sites is 2. The number of rotatable bonds is 5. The van der Waals surface area contributed by atoms with Gasteiger partial charge in [0.2, 0.25) is 5.91 Å². The number of amides is 2. The van der Waals surface area contributed by atoms with E-state index in [9.17, 15) is 14.0 Å². The number of halogens is 1. The summed E-state index contributed by atoms with van der Waals surface area (Å²) in [7, 11) is 0. The van der Waals surface area contributed by atoms with E-state index in [-0.39, 0.29) is 17.6 Å². The summed E-state index contributed by atoms with van der Waals surface area (Å²) in [5.74, 6) is -0.574. The van der Waals surface area contributed by atoms with Crippen LogP contribution in [0.25, 0.3) is 11.0 Å². The van der Waals surface area contributed by atoms with Crippen molar-refractivity contribution in [3.05, 3.63) is 66.2 Å². The monoisotopic (exact) mass is 448 g/mol. The van der Waals surface area contributed by atoms with Crippen molar-refractivity contribution in [1.29, 1.82) is 0 Å². The van der Waals surface area contributed by atoms with E-state index in [0.29, 0.717) is 62.6 Å². The van der Waals surface area contributed by atoms with Crippen LogP contribution in [0.3, 0.4) is 0 Å². The molecule has 9 heteroatoms. The molecule has 0 unspecified atom stereocenters. The number of anilines is 1. The molecule has 3 aromatic rings. The van der Waals surface area contributed by atoms with Gasteiger partial charge in [-0.25, -0.2) is 9.37 Å². The lowest BCUT2D eigenvalue weighted by molar-refractivity contribution is -0.125. The predicted octanol–water partition coefficient (Wildman–Crippen LogP) is 1.93. The first-order chi connectivity index (χ1) is 16.0. The summed E-state index contributed by atoms with van der Waals surface area (Å²) in [6.45, 7) is 2.95. The molecule has 33 heavy (non-hydrogen) atoms. The summed E-state index contributed by atoms with van der Waals surface area (Å²) >= 11 is 0. The molecule has 8 nitrogen and oxygen atoms in total. The number of likely N-dealkylation sites (tertiary alicyclic amines) is 1. The van der Waals surface area contributed by atoms with Crippen LogP contribution in [0.4, 0.5) is 10.1 Å². The lowest BCUT2D eigenvalue weighted by Crippen LogP contribution is -2.57. The molecule has 2 aliphatic heterocycles. The van der Waals surface area contributed by atoms with Crippen molar-refractivity contribution in [3.63, 3.8) is 0 Å². The fraction of sp³-hybridized carbons (Fsp3) is 0.333. The highest BCUT2D eigenvalue weighted by atomic mass is 19.1. The van der Waals surface area contributed by atoms with Crippen LogP contribution in [-0.2, 0) is 4.79 Å². The number of nitrogens with zero attached hydrogens (tertiary/aromatic N) is 4. The molecule has 2 aromatic carbocycles. The zero-order chi connectivity index (χ0) is 22.8. The molecular formula is C24H25FN6O2. The number of carbonyl (C=O) groups is 2. The topological polar surface area (TPSA) is 90.5 Å². The van der Waals surface area contributed by atoms with Crippen LogP contribution in [0.2, 0.25) is 0 Å². The number of nitrogens with one attached hydrogen (secondary N) is 2. The van der Waals surface area contributed by atoms with Crippen LogP contribution in [-0.4, -0.2) is 65.1 Å². The van der Waals surface area contributed by atoms with Crippen LogP contribution < -0.4 is 15.5 Å². The number of hydrogen-bond donors (Lipinski definition) is 2. The minimum atomic E-state index is -0.659. The highest BCUT2D eigenvalue weighted by molar-refractivity contribution is 5.94. The van der Waals surface area contributed by atoms with E-state index in [1.165, 1.54) is 18.3 Å². The number of aromatic nitrogens is 2. The Morgan fingerprint density at radius 2 is 1.91 bits per heavy atom. The van der Waals surface area contributed by atoms with Gasteiger partial charge in [0.05, 0.1) is 23.9 Å². The number of carbonyl (C=O) groups excluding carboxylic acids is 2. The van der Waals surface area contributed by atoms with Crippen LogP contribution in [0.5, 0.6) is 0 Å². The van der Waals surface area contributed by atoms with Crippen LogP contribution in [0.1, 0.15) is 23.3 Å². The summed E-state index contributed by atoms with van der Waals surface area (Å²) in [6.07, 6.45) is 2.76. The van der Waals surface area contributed by atoms with Gasteiger partial charge in [0.15, 0.2) is 0 Å². The Labute approximate surface area is 190 Å². The van der Waals surface area contributed by atoms with Crippen molar-refractivity contribution >= 4 is 28.5 Å². The van der Waals surface area contributed by atoms with E-state index in [0.717, 1.165) is 5.52 Å². The Hall–Kier alpha value is -3.59. The van der Waals surface area contributed by atoms with Gasteiger partial charge in [-0.15, -0.1) is 0 Å². The Bertz CT molecular complexity index is 1190. The maximum absolute atomic E-state index is 13.8. The second-order valence-electron chi connectivity index (χ2n) is 8.45. The Balaban J connectivity index is 1.16. The number of benzene rings is 2. The Morgan fingerprint density at radius 1 is 1.12 bits per heavy atom. The molecule has 0 aliphatic carbocycles. The van der Waals surface area contributed by atoms with Gasteiger partial charge in [0, 0.05) is 31.9 Å². The third kappa shape index (κ3) is 4.11. The Kier molecular flexibility index (Phi) is 5.63. The van der Waals surface area contributed by atoms with Gasteiger partial charge in [0.25, 0.3) is 5.91 Å². The quantitative estimate of drug-likeness (QED) is 0.620. The van der Waals surface area contributed by atoms with Gasteiger partial charge in [-0.1, -0.05) is 18.2 Å². The third-order valence-electron chi connectivity index (χ3n) is 6.53. The molecule has 170 valence electrons. The van der Waals surface area contributed by atoms with E-state index >= 15 is 0 Å². The highest BCUT2D eigenvalue weighted by Gasteiger charge is 2.50. The van der Waals surface area contributed by atoms with Crippen molar-refractivity contribution in [2.24, 2.45) is 0 Å². The van der Waals surface area contributed by atoms with E-state index < -0.39 is 5.54 Å². The molecule has 2 fully saturated rings. The van der Waals surface area contributed by atoms with Crippen molar-refractivity contribution < 1.29 is 14.0 Å². The minimum Gasteiger partial charge on any atom is -0.349 e. The van der Waals surface area contributed by atoms with E-state index in [2.05, 4.69) is 25.5 Å². The van der Waals surface area contributed by atoms with Crippen molar-refractivity contribution in [2.45, 2.75) is 18.4 Å². The van der Waals surface area contributed by atoms with Gasteiger partial charge in [0.1, 0.15) is 17.1 Å². The maximum Gasteiger partial charge on any atom is 0.271 e. The fourth-order valence-electron chi connectivity index (χ4n) is 4.70. The molecule has 3 heterocycles. The lowest BCUT2D eigenvalue weighted by Gasteiger charge is -2.43. The normalized spacial score (nSPS) is 18.0. The standard InChI is InChI=1S/C24H25FN6O2/c25-17-4-3-5-18(14-17)31-16-28-23(33)24(31)8-11-30(12-9-24)13-10-26-22(32)21-15-27-19-6-1-2-7-20(19)29-21/h1-7,14-15H,8-13,16H2,(H,26,32)(H,28,33). The second kappa shape index (κ2) is 8.74. The first-order valence-corrected chi connectivity index (χ1v) is 11.1. The zero-order valence-corrected chi connectivity index (χ0v) is 18.1. The third-order valence-corrected chi connectivity index (χ3v) is 6.53. The SMILES string of the molecule is O=C(NCCN1CCC2(CC1)C(=O)NCN2c1cccc(F)c1)c1cnc2ccccc2n1. The molecule has 2 saturated heterocycles. The molecule has 2 N–H and O–H groups in total. The molecule has 2 aliphatic rings. The van der Waals surface area contributed by atoms with E-state index in [4.69, 9.17) is 0 Å².